The van der Waals surface area contributed by atoms with E-state index in [1.807, 2.05) is 20.8 Å². The number of nitrogens with two attached hydrogens (primary N) is 1. The van der Waals surface area contributed by atoms with Crippen molar-refractivity contribution in [2.24, 2.45) is 0 Å². The lowest BCUT2D eigenvalue weighted by Crippen LogP contribution is -2.39. The van der Waals surface area contributed by atoms with Gasteiger partial charge >= 0.3 is 0 Å². The van der Waals surface area contributed by atoms with Crippen LogP contribution in [0.15, 0.2) is 18.2 Å². The van der Waals surface area contributed by atoms with Gasteiger partial charge in [-0.1, -0.05) is 6.07 Å². The molecule has 0 spiro atoms. The predicted molar refractivity (Wildman–Crippen MR) is 78.5 cm³/mol. The molecule has 0 heterocycles. The van der Waals surface area contributed by atoms with Crippen molar-refractivity contribution >= 4 is 29.9 Å². The molecule has 0 aliphatic heterocycles. The zero-order valence-corrected chi connectivity index (χ0v) is 12.1. The van der Waals surface area contributed by atoms with Crippen molar-refractivity contribution < 1.29 is 9.59 Å². The van der Waals surface area contributed by atoms with Crippen LogP contribution >= 0.6 is 12.4 Å². The first-order valence-electron chi connectivity index (χ1n) is 5.84. The molecule has 0 radical (unpaired) electrons. The number of anilines is 1. The first-order valence-corrected chi connectivity index (χ1v) is 5.84. The number of nitrogen functional groups attached to an aromatic ring is 1. The van der Waals surface area contributed by atoms with Crippen LogP contribution in [0.3, 0.4) is 0 Å². The lowest BCUT2D eigenvalue weighted by atomic mass is 10.1. The molecule has 5 nitrogen and oxygen atoms in total. The number of nitrogens with one attached hydrogen (secondary N) is 2. The highest BCUT2D eigenvalue weighted by Crippen LogP contribution is 2.12. The van der Waals surface area contributed by atoms with E-state index in [2.05, 4.69) is 10.6 Å². The van der Waals surface area contributed by atoms with Gasteiger partial charge in [-0.3, -0.25) is 9.59 Å². The van der Waals surface area contributed by atoms with E-state index in [0.717, 1.165) is 5.56 Å². The minimum absolute atomic E-state index is 0. The second-order valence-corrected chi connectivity index (χ2v) is 4.48. The SMILES string of the molecule is Cc1ccc(N)cc1C(=O)NCC(=O)NC(C)C.Cl. The van der Waals surface area contributed by atoms with Crippen molar-refractivity contribution in [1.82, 2.24) is 10.6 Å². The Morgan fingerprint density at radius 2 is 1.95 bits per heavy atom. The summed E-state index contributed by atoms with van der Waals surface area (Å²) in [5.41, 5.74) is 7.47. The van der Waals surface area contributed by atoms with Gasteiger partial charge < -0.3 is 16.4 Å². The fourth-order valence-electron chi connectivity index (χ4n) is 1.51. The zero-order valence-electron chi connectivity index (χ0n) is 11.3. The number of carbonyl (C=O) groups excluding carboxylic acids is 2. The van der Waals surface area contributed by atoms with E-state index in [9.17, 15) is 9.59 Å². The molecular weight excluding hydrogens is 266 g/mol. The van der Waals surface area contributed by atoms with Crippen LogP contribution in [0.4, 0.5) is 5.69 Å². The normalized spacial score (nSPS) is 9.68. The summed E-state index contributed by atoms with van der Waals surface area (Å²) < 4.78 is 0. The van der Waals surface area contributed by atoms with E-state index in [0.29, 0.717) is 11.3 Å². The van der Waals surface area contributed by atoms with Gasteiger partial charge in [-0.15, -0.1) is 12.4 Å². The van der Waals surface area contributed by atoms with Crippen LogP contribution in [0.1, 0.15) is 29.8 Å². The van der Waals surface area contributed by atoms with Gasteiger partial charge in [0.2, 0.25) is 5.91 Å². The third-order valence-electron chi connectivity index (χ3n) is 2.37. The Balaban J connectivity index is 0.00000324. The second kappa shape index (κ2) is 7.63. The number of halogens is 1. The standard InChI is InChI=1S/C13H19N3O2.ClH/c1-8(2)16-12(17)7-15-13(18)11-6-10(14)5-4-9(11)3;/h4-6,8H,7,14H2,1-3H3,(H,15,18)(H,16,17);1H. The summed E-state index contributed by atoms with van der Waals surface area (Å²) in [6.07, 6.45) is 0. The first kappa shape index (κ1) is 17.2. The van der Waals surface area contributed by atoms with E-state index in [1.54, 1.807) is 18.2 Å². The van der Waals surface area contributed by atoms with Crippen LogP contribution in [-0.2, 0) is 4.79 Å². The molecule has 6 heteroatoms. The number of amides is 2. The summed E-state index contributed by atoms with van der Waals surface area (Å²) in [5.74, 6) is -0.501. The average Bonchev–Trinajstić information content (AvgIpc) is 2.28. The highest BCUT2D eigenvalue weighted by atomic mass is 35.5. The average molecular weight is 286 g/mol. The molecule has 19 heavy (non-hydrogen) atoms. The number of hydrogen-bond acceptors (Lipinski definition) is 3. The molecule has 0 unspecified atom stereocenters. The summed E-state index contributed by atoms with van der Waals surface area (Å²) in [7, 11) is 0. The first-order chi connectivity index (χ1) is 8.40. The van der Waals surface area contributed by atoms with Crippen LogP contribution < -0.4 is 16.4 Å². The summed E-state index contributed by atoms with van der Waals surface area (Å²) in [6.45, 7) is 5.51. The van der Waals surface area contributed by atoms with Gasteiger partial charge in [-0.05, 0) is 38.5 Å². The fraction of sp³-hybridized carbons (Fsp3) is 0.385. The van der Waals surface area contributed by atoms with Crippen LogP contribution in [0.2, 0.25) is 0 Å². The monoisotopic (exact) mass is 285 g/mol. The highest BCUT2D eigenvalue weighted by molar-refractivity contribution is 5.98. The van der Waals surface area contributed by atoms with Crippen LogP contribution in [0.5, 0.6) is 0 Å². The Hall–Kier alpha value is -1.75. The molecular formula is C13H20ClN3O2. The van der Waals surface area contributed by atoms with Gasteiger partial charge in [0, 0.05) is 17.3 Å². The topological polar surface area (TPSA) is 84.2 Å². The van der Waals surface area contributed by atoms with E-state index in [1.165, 1.54) is 0 Å². The number of rotatable bonds is 4. The molecule has 2 amide bonds. The summed E-state index contributed by atoms with van der Waals surface area (Å²) in [5, 5.41) is 5.26. The molecule has 0 bridgehead atoms. The molecule has 1 aromatic rings. The Labute approximate surface area is 119 Å². The van der Waals surface area contributed by atoms with Crippen molar-refractivity contribution in [1.29, 1.82) is 0 Å². The van der Waals surface area contributed by atoms with Gasteiger partial charge in [0.1, 0.15) is 0 Å². The Kier molecular flexibility index (Phi) is 6.93. The number of hydrogen-bond donors (Lipinski definition) is 3. The van der Waals surface area contributed by atoms with Gasteiger partial charge in [-0.2, -0.15) is 0 Å². The van der Waals surface area contributed by atoms with E-state index >= 15 is 0 Å². The predicted octanol–water partition coefficient (Wildman–Crippen LogP) is 1.25. The molecule has 0 atom stereocenters. The maximum absolute atomic E-state index is 11.9. The van der Waals surface area contributed by atoms with Crippen molar-refractivity contribution in [3.63, 3.8) is 0 Å². The molecule has 0 saturated heterocycles. The third kappa shape index (κ3) is 5.61. The van der Waals surface area contributed by atoms with Gasteiger partial charge in [0.05, 0.1) is 6.54 Å². The smallest absolute Gasteiger partial charge is 0.252 e. The lowest BCUT2D eigenvalue weighted by molar-refractivity contribution is -0.120. The molecule has 0 aliphatic rings. The minimum atomic E-state index is -0.293. The molecule has 0 saturated carbocycles. The number of aryl methyl sites for hydroxylation is 1. The molecule has 1 aromatic carbocycles. The van der Waals surface area contributed by atoms with E-state index in [-0.39, 0.29) is 36.8 Å². The van der Waals surface area contributed by atoms with Gasteiger partial charge in [-0.25, -0.2) is 0 Å². The molecule has 4 N–H and O–H groups in total. The quantitative estimate of drug-likeness (QED) is 0.728. The van der Waals surface area contributed by atoms with Crippen LogP contribution in [0, 0.1) is 6.92 Å². The molecule has 0 aliphatic carbocycles. The minimum Gasteiger partial charge on any atom is -0.399 e. The molecule has 1 rings (SSSR count). The van der Waals surface area contributed by atoms with E-state index in [4.69, 9.17) is 5.73 Å². The van der Waals surface area contributed by atoms with E-state index < -0.39 is 0 Å². The Bertz CT molecular complexity index is 461. The van der Waals surface area contributed by atoms with Crippen molar-refractivity contribution in [3.8, 4) is 0 Å². The molecule has 0 aromatic heterocycles. The third-order valence-corrected chi connectivity index (χ3v) is 2.37. The summed E-state index contributed by atoms with van der Waals surface area (Å²) >= 11 is 0. The van der Waals surface area contributed by atoms with Gasteiger partial charge in [0.15, 0.2) is 0 Å². The molecule has 0 fully saturated rings. The van der Waals surface area contributed by atoms with Crippen molar-refractivity contribution in [2.45, 2.75) is 26.8 Å². The van der Waals surface area contributed by atoms with Crippen molar-refractivity contribution in [2.75, 3.05) is 12.3 Å². The lowest BCUT2D eigenvalue weighted by Gasteiger charge is -2.10. The van der Waals surface area contributed by atoms with Crippen LogP contribution in [-0.4, -0.2) is 24.4 Å². The maximum Gasteiger partial charge on any atom is 0.252 e. The number of carbonyl (C=O) groups is 2. The van der Waals surface area contributed by atoms with Crippen LogP contribution in [0.25, 0.3) is 0 Å². The zero-order chi connectivity index (χ0) is 13.7. The maximum atomic E-state index is 11.9. The highest BCUT2D eigenvalue weighted by Gasteiger charge is 2.11. The molecule has 106 valence electrons. The summed E-state index contributed by atoms with van der Waals surface area (Å²) in [6, 6.07) is 5.17. The second-order valence-electron chi connectivity index (χ2n) is 4.48. The largest absolute Gasteiger partial charge is 0.399 e. The Morgan fingerprint density at radius 1 is 1.32 bits per heavy atom. The fourth-order valence-corrected chi connectivity index (χ4v) is 1.51. The summed E-state index contributed by atoms with van der Waals surface area (Å²) in [4.78, 5) is 23.3. The Morgan fingerprint density at radius 3 is 2.53 bits per heavy atom. The van der Waals surface area contributed by atoms with Crippen molar-refractivity contribution in [3.05, 3.63) is 29.3 Å². The number of benzene rings is 1. The van der Waals surface area contributed by atoms with Gasteiger partial charge in [0.25, 0.3) is 5.91 Å².